The van der Waals surface area contributed by atoms with Gasteiger partial charge in [0, 0.05) is 0 Å². The standard InChI is InChI=1S/C9H7N5O/c1-2-3-6(15)14-9-7-8(11-4-10-7)12-5-13-9/h4-5H,1H3,(H2,10,11,12,13,14,15). The van der Waals surface area contributed by atoms with E-state index in [-0.39, 0.29) is 0 Å². The van der Waals surface area contributed by atoms with Crippen LogP contribution in [0.2, 0.25) is 0 Å². The predicted molar refractivity (Wildman–Crippen MR) is 53.8 cm³/mol. The number of carbonyl (C=O) groups is 1. The van der Waals surface area contributed by atoms with Crippen LogP contribution in [0.15, 0.2) is 12.7 Å². The smallest absolute Gasteiger partial charge is 0.301 e. The number of H-pyrrole nitrogens is 1. The molecule has 0 aliphatic rings. The number of aromatic nitrogens is 4. The first-order valence-corrected chi connectivity index (χ1v) is 4.19. The summed E-state index contributed by atoms with van der Waals surface area (Å²) in [4.78, 5) is 25.8. The summed E-state index contributed by atoms with van der Waals surface area (Å²) in [5.74, 6) is 4.79. The maximum atomic E-state index is 11.2. The maximum absolute atomic E-state index is 11.2. The summed E-state index contributed by atoms with van der Waals surface area (Å²) < 4.78 is 0. The average Bonchev–Trinajstić information content (AvgIpc) is 2.67. The lowest BCUT2D eigenvalue weighted by Crippen LogP contribution is -2.10. The molecule has 6 nitrogen and oxygen atoms in total. The normalized spacial score (nSPS) is 9.40. The summed E-state index contributed by atoms with van der Waals surface area (Å²) in [5, 5.41) is 2.53. The van der Waals surface area contributed by atoms with Crippen molar-refractivity contribution in [1.29, 1.82) is 0 Å². The van der Waals surface area contributed by atoms with Crippen molar-refractivity contribution in [3.05, 3.63) is 12.7 Å². The molecule has 0 atom stereocenters. The van der Waals surface area contributed by atoms with E-state index >= 15 is 0 Å². The predicted octanol–water partition coefficient (Wildman–Crippen LogP) is 0.315. The second kappa shape index (κ2) is 3.75. The minimum Gasteiger partial charge on any atom is -0.329 e. The fourth-order valence-corrected chi connectivity index (χ4v) is 1.11. The van der Waals surface area contributed by atoms with E-state index < -0.39 is 5.91 Å². The van der Waals surface area contributed by atoms with E-state index in [1.807, 2.05) is 0 Å². The molecule has 2 aromatic heterocycles. The number of amides is 1. The zero-order valence-electron chi connectivity index (χ0n) is 7.90. The Labute approximate surface area is 85.2 Å². The molecule has 2 heterocycles. The van der Waals surface area contributed by atoms with E-state index in [0.717, 1.165) is 0 Å². The van der Waals surface area contributed by atoms with E-state index in [9.17, 15) is 4.79 Å². The number of nitrogens with zero attached hydrogens (tertiary/aromatic N) is 3. The Bertz CT molecular complexity index is 562. The first-order chi connectivity index (χ1) is 7.31. The molecule has 0 spiro atoms. The molecule has 1 amide bonds. The molecule has 0 saturated heterocycles. The van der Waals surface area contributed by atoms with Crippen molar-refractivity contribution in [2.75, 3.05) is 5.32 Å². The summed E-state index contributed by atoms with van der Waals surface area (Å²) in [6.07, 6.45) is 2.83. The van der Waals surface area contributed by atoms with Crippen LogP contribution in [0.5, 0.6) is 0 Å². The number of hydrogen-bond acceptors (Lipinski definition) is 4. The molecular formula is C9H7N5O. The third kappa shape index (κ3) is 1.76. The zero-order chi connectivity index (χ0) is 10.7. The first-order valence-electron chi connectivity index (χ1n) is 4.19. The van der Waals surface area contributed by atoms with Crippen LogP contribution in [0.4, 0.5) is 5.82 Å². The molecular weight excluding hydrogens is 194 g/mol. The summed E-state index contributed by atoms with van der Waals surface area (Å²) in [5.41, 5.74) is 1.09. The van der Waals surface area contributed by atoms with Crippen LogP contribution < -0.4 is 5.32 Å². The lowest BCUT2D eigenvalue weighted by atomic mass is 10.4. The monoisotopic (exact) mass is 201 g/mol. The minimum absolute atomic E-state index is 0.356. The van der Waals surface area contributed by atoms with Gasteiger partial charge in [-0.1, -0.05) is 5.92 Å². The molecule has 0 unspecified atom stereocenters. The van der Waals surface area contributed by atoms with Gasteiger partial charge in [0.1, 0.15) is 6.33 Å². The Kier molecular flexibility index (Phi) is 2.29. The van der Waals surface area contributed by atoms with Crippen molar-refractivity contribution in [2.24, 2.45) is 0 Å². The molecule has 15 heavy (non-hydrogen) atoms. The van der Waals surface area contributed by atoms with Crippen molar-refractivity contribution in [2.45, 2.75) is 6.92 Å². The number of hydrogen-bond donors (Lipinski definition) is 2. The fraction of sp³-hybridized carbons (Fsp3) is 0.111. The Morgan fingerprint density at radius 1 is 1.47 bits per heavy atom. The van der Waals surface area contributed by atoms with Crippen molar-refractivity contribution in [1.82, 2.24) is 19.9 Å². The van der Waals surface area contributed by atoms with E-state index in [2.05, 4.69) is 37.1 Å². The Morgan fingerprint density at radius 2 is 2.33 bits per heavy atom. The van der Waals surface area contributed by atoms with Gasteiger partial charge >= 0.3 is 5.91 Å². The van der Waals surface area contributed by atoms with Gasteiger partial charge in [0.05, 0.1) is 6.33 Å². The molecule has 0 saturated carbocycles. The number of rotatable bonds is 1. The molecule has 2 rings (SSSR count). The van der Waals surface area contributed by atoms with Gasteiger partial charge in [0.2, 0.25) is 0 Å². The first kappa shape index (κ1) is 9.15. The highest BCUT2D eigenvalue weighted by molar-refractivity contribution is 6.06. The second-order valence-corrected chi connectivity index (χ2v) is 2.65. The van der Waals surface area contributed by atoms with Gasteiger partial charge in [0.25, 0.3) is 0 Å². The average molecular weight is 201 g/mol. The molecule has 2 aromatic rings. The summed E-state index contributed by atoms with van der Waals surface area (Å²) in [7, 11) is 0. The van der Waals surface area contributed by atoms with Crippen LogP contribution in [-0.2, 0) is 4.79 Å². The topological polar surface area (TPSA) is 83.6 Å². The van der Waals surface area contributed by atoms with Gasteiger partial charge in [-0.25, -0.2) is 15.0 Å². The van der Waals surface area contributed by atoms with Crippen LogP contribution in [0.3, 0.4) is 0 Å². The quantitative estimate of drug-likeness (QED) is 0.650. The Hall–Kier alpha value is -2.42. The van der Waals surface area contributed by atoms with Gasteiger partial charge in [-0.15, -0.1) is 0 Å². The van der Waals surface area contributed by atoms with Gasteiger partial charge in [-0.05, 0) is 12.8 Å². The highest BCUT2D eigenvalue weighted by atomic mass is 16.1. The molecule has 74 valence electrons. The van der Waals surface area contributed by atoms with E-state index in [4.69, 9.17) is 0 Å². The highest BCUT2D eigenvalue weighted by Gasteiger charge is 2.07. The minimum atomic E-state index is -0.416. The van der Waals surface area contributed by atoms with Gasteiger partial charge in [-0.2, -0.15) is 0 Å². The van der Waals surface area contributed by atoms with Crippen LogP contribution in [-0.4, -0.2) is 25.8 Å². The number of anilines is 1. The van der Waals surface area contributed by atoms with Crippen LogP contribution in [0.1, 0.15) is 6.92 Å². The molecule has 0 aromatic carbocycles. The fourth-order valence-electron chi connectivity index (χ4n) is 1.11. The number of carbonyl (C=O) groups excluding carboxylic acids is 1. The SMILES string of the molecule is CC#CC(=O)Nc1ncnc2[nH]cnc12. The zero-order valence-corrected chi connectivity index (χ0v) is 7.90. The summed E-state index contributed by atoms with van der Waals surface area (Å²) >= 11 is 0. The third-order valence-corrected chi connectivity index (χ3v) is 1.69. The maximum Gasteiger partial charge on any atom is 0.301 e. The number of nitrogens with one attached hydrogen (secondary N) is 2. The molecule has 0 fully saturated rings. The van der Waals surface area contributed by atoms with E-state index in [0.29, 0.717) is 17.0 Å². The van der Waals surface area contributed by atoms with E-state index in [1.54, 1.807) is 6.92 Å². The van der Waals surface area contributed by atoms with Crippen LogP contribution in [0, 0.1) is 11.8 Å². The molecule has 2 N–H and O–H groups in total. The van der Waals surface area contributed by atoms with Crippen molar-refractivity contribution in [3.63, 3.8) is 0 Å². The molecule has 0 bridgehead atoms. The van der Waals surface area contributed by atoms with Gasteiger partial charge < -0.3 is 4.98 Å². The van der Waals surface area contributed by atoms with Crippen molar-refractivity contribution >= 4 is 22.9 Å². The largest absolute Gasteiger partial charge is 0.329 e. The molecule has 0 aliphatic carbocycles. The van der Waals surface area contributed by atoms with Crippen molar-refractivity contribution < 1.29 is 4.79 Å². The number of imidazole rings is 1. The lowest BCUT2D eigenvalue weighted by molar-refractivity contribution is -0.111. The Balaban J connectivity index is 2.38. The van der Waals surface area contributed by atoms with Gasteiger partial charge in [0.15, 0.2) is 17.0 Å². The highest BCUT2D eigenvalue weighted by Crippen LogP contribution is 2.13. The van der Waals surface area contributed by atoms with Crippen LogP contribution in [0.25, 0.3) is 11.2 Å². The van der Waals surface area contributed by atoms with Crippen molar-refractivity contribution in [3.8, 4) is 11.8 Å². The van der Waals surface area contributed by atoms with E-state index in [1.165, 1.54) is 12.7 Å². The molecule has 0 radical (unpaired) electrons. The summed E-state index contributed by atoms with van der Waals surface area (Å²) in [6, 6.07) is 0. The molecule has 6 heteroatoms. The Morgan fingerprint density at radius 3 is 3.13 bits per heavy atom. The number of fused-ring (bicyclic) bond motifs is 1. The second-order valence-electron chi connectivity index (χ2n) is 2.65. The lowest BCUT2D eigenvalue weighted by Gasteiger charge is -1.98. The molecule has 0 aliphatic heterocycles. The number of aromatic amines is 1. The third-order valence-electron chi connectivity index (χ3n) is 1.69. The van der Waals surface area contributed by atoms with Gasteiger partial charge in [-0.3, -0.25) is 10.1 Å². The van der Waals surface area contributed by atoms with Crippen LogP contribution >= 0.6 is 0 Å². The summed E-state index contributed by atoms with van der Waals surface area (Å²) in [6.45, 7) is 1.59.